The highest BCUT2D eigenvalue weighted by atomic mass is 79.9. The Morgan fingerprint density at radius 1 is 1.31 bits per heavy atom. The standard InChI is InChI=1S/C20H23BrN2O5S/c1-5-27-18-9-14-8-12(2)28-17(14)11-16(18)22-20(24)13-6-7-15(21)19(10-13)29(25,26)23(3)4/h6-7,9-12H,5,8H2,1-4H3,(H,22,24). The van der Waals surface area contributed by atoms with Crippen molar-refractivity contribution in [1.29, 1.82) is 0 Å². The number of nitrogens with one attached hydrogen (secondary N) is 1. The van der Waals surface area contributed by atoms with Crippen molar-refractivity contribution in [2.75, 3.05) is 26.0 Å². The fraction of sp³-hybridized carbons (Fsp3) is 0.350. The van der Waals surface area contributed by atoms with Crippen molar-refractivity contribution >= 4 is 37.5 Å². The average molecular weight is 483 g/mol. The predicted octanol–water partition coefficient (Wildman–Crippen LogP) is 3.67. The maximum atomic E-state index is 12.9. The first kappa shape index (κ1) is 21.6. The summed E-state index contributed by atoms with van der Waals surface area (Å²) in [6.45, 7) is 4.29. The Morgan fingerprint density at radius 3 is 2.69 bits per heavy atom. The number of amides is 1. The van der Waals surface area contributed by atoms with Crippen LogP contribution in [0.3, 0.4) is 0 Å². The second kappa shape index (κ2) is 8.33. The van der Waals surface area contributed by atoms with Gasteiger partial charge in [0.25, 0.3) is 5.91 Å². The number of benzene rings is 2. The SMILES string of the molecule is CCOc1cc2c(cc1NC(=O)c1ccc(Br)c(S(=O)(=O)N(C)C)c1)OC(C)C2. The maximum absolute atomic E-state index is 12.9. The number of hydrogen-bond acceptors (Lipinski definition) is 5. The zero-order valence-corrected chi connectivity index (χ0v) is 19.1. The normalized spacial score (nSPS) is 15.7. The van der Waals surface area contributed by atoms with Gasteiger partial charge in [-0.1, -0.05) is 0 Å². The monoisotopic (exact) mass is 482 g/mol. The molecule has 2 aromatic carbocycles. The third-order valence-electron chi connectivity index (χ3n) is 4.50. The van der Waals surface area contributed by atoms with Gasteiger partial charge in [0.15, 0.2) is 0 Å². The van der Waals surface area contributed by atoms with Gasteiger partial charge in [0.2, 0.25) is 10.0 Å². The molecule has 1 N–H and O–H groups in total. The van der Waals surface area contributed by atoms with Crippen LogP contribution in [0.4, 0.5) is 5.69 Å². The summed E-state index contributed by atoms with van der Waals surface area (Å²) in [5, 5.41) is 2.82. The molecule has 9 heteroatoms. The lowest BCUT2D eigenvalue weighted by molar-refractivity contribution is 0.102. The number of halogens is 1. The topological polar surface area (TPSA) is 84.9 Å². The summed E-state index contributed by atoms with van der Waals surface area (Å²) in [5.41, 5.74) is 1.72. The summed E-state index contributed by atoms with van der Waals surface area (Å²) in [7, 11) is -0.828. The van der Waals surface area contributed by atoms with Crippen molar-refractivity contribution in [2.45, 2.75) is 31.3 Å². The van der Waals surface area contributed by atoms with E-state index in [1.54, 1.807) is 18.2 Å². The van der Waals surface area contributed by atoms with E-state index in [9.17, 15) is 13.2 Å². The van der Waals surface area contributed by atoms with E-state index < -0.39 is 15.9 Å². The third-order valence-corrected chi connectivity index (χ3v) is 7.31. The summed E-state index contributed by atoms with van der Waals surface area (Å²) in [5.74, 6) is 0.818. The minimum absolute atomic E-state index is 0.0197. The largest absolute Gasteiger partial charge is 0.492 e. The number of sulfonamides is 1. The number of hydrogen-bond donors (Lipinski definition) is 1. The van der Waals surface area contributed by atoms with Gasteiger partial charge >= 0.3 is 0 Å². The van der Waals surface area contributed by atoms with Gasteiger partial charge in [0, 0.05) is 42.2 Å². The molecule has 0 radical (unpaired) electrons. The highest BCUT2D eigenvalue weighted by Crippen LogP contribution is 2.38. The molecule has 0 bridgehead atoms. The molecular formula is C20H23BrN2O5S. The van der Waals surface area contributed by atoms with Crippen molar-refractivity contribution < 1.29 is 22.7 Å². The van der Waals surface area contributed by atoms with Crippen LogP contribution in [0.5, 0.6) is 11.5 Å². The molecule has 1 atom stereocenters. The number of ether oxygens (including phenoxy) is 2. The van der Waals surface area contributed by atoms with Gasteiger partial charge in [-0.25, -0.2) is 12.7 Å². The van der Waals surface area contributed by atoms with Gasteiger partial charge in [-0.15, -0.1) is 0 Å². The van der Waals surface area contributed by atoms with E-state index in [4.69, 9.17) is 9.47 Å². The van der Waals surface area contributed by atoms with E-state index in [1.807, 2.05) is 19.9 Å². The highest BCUT2D eigenvalue weighted by Gasteiger charge is 2.25. The minimum Gasteiger partial charge on any atom is -0.492 e. The number of nitrogens with zero attached hydrogens (tertiary/aromatic N) is 1. The summed E-state index contributed by atoms with van der Waals surface area (Å²) < 4.78 is 38.0. The molecule has 2 aromatic rings. The number of anilines is 1. The van der Waals surface area contributed by atoms with Crippen LogP contribution in [0.25, 0.3) is 0 Å². The molecule has 0 saturated carbocycles. The molecule has 1 aliphatic heterocycles. The first-order valence-electron chi connectivity index (χ1n) is 9.13. The van der Waals surface area contributed by atoms with Crippen molar-refractivity contribution in [3.05, 3.63) is 45.9 Å². The molecule has 0 aromatic heterocycles. The van der Waals surface area contributed by atoms with E-state index in [2.05, 4.69) is 21.2 Å². The molecule has 3 rings (SSSR count). The molecule has 1 amide bonds. The van der Waals surface area contributed by atoms with Crippen LogP contribution in [0.2, 0.25) is 0 Å². The molecule has 29 heavy (non-hydrogen) atoms. The van der Waals surface area contributed by atoms with Crippen LogP contribution >= 0.6 is 15.9 Å². The second-order valence-corrected chi connectivity index (χ2v) is 9.88. The van der Waals surface area contributed by atoms with Crippen LogP contribution in [0.15, 0.2) is 39.7 Å². The lowest BCUT2D eigenvalue weighted by atomic mass is 10.1. The number of rotatable bonds is 6. The molecule has 0 saturated heterocycles. The molecule has 7 nitrogen and oxygen atoms in total. The molecule has 1 heterocycles. The van der Waals surface area contributed by atoms with E-state index in [0.717, 1.165) is 16.3 Å². The first-order valence-corrected chi connectivity index (χ1v) is 11.4. The van der Waals surface area contributed by atoms with Gasteiger partial charge in [0.1, 0.15) is 17.6 Å². The van der Waals surface area contributed by atoms with Crippen LogP contribution < -0.4 is 14.8 Å². The van der Waals surface area contributed by atoms with Crippen molar-refractivity contribution in [3.8, 4) is 11.5 Å². The Hall–Kier alpha value is -2.10. The predicted molar refractivity (Wildman–Crippen MR) is 114 cm³/mol. The Labute approximate surface area is 179 Å². The fourth-order valence-electron chi connectivity index (χ4n) is 3.05. The molecule has 156 valence electrons. The average Bonchev–Trinajstić information content (AvgIpc) is 3.01. The quantitative estimate of drug-likeness (QED) is 0.678. The molecule has 1 unspecified atom stereocenters. The molecular weight excluding hydrogens is 460 g/mol. The fourth-order valence-corrected chi connectivity index (χ4v) is 4.89. The Balaban J connectivity index is 1.94. The van der Waals surface area contributed by atoms with Crippen molar-refractivity contribution in [3.63, 3.8) is 0 Å². The van der Waals surface area contributed by atoms with E-state index in [1.165, 1.54) is 20.2 Å². The molecule has 0 fully saturated rings. The van der Waals surface area contributed by atoms with Crippen molar-refractivity contribution in [1.82, 2.24) is 4.31 Å². The summed E-state index contributed by atoms with van der Waals surface area (Å²) in [6.07, 6.45) is 0.845. The van der Waals surface area contributed by atoms with E-state index in [-0.39, 0.29) is 16.6 Å². The van der Waals surface area contributed by atoms with Crippen LogP contribution in [-0.2, 0) is 16.4 Å². The van der Waals surface area contributed by atoms with Gasteiger partial charge in [0.05, 0.1) is 17.2 Å². The van der Waals surface area contributed by atoms with Crippen LogP contribution in [0.1, 0.15) is 29.8 Å². The molecule has 0 aliphatic carbocycles. The zero-order chi connectivity index (χ0) is 21.3. The minimum atomic E-state index is -3.71. The molecule has 0 spiro atoms. The summed E-state index contributed by atoms with van der Waals surface area (Å²) in [4.78, 5) is 12.9. The second-order valence-electron chi connectivity index (χ2n) is 6.91. The van der Waals surface area contributed by atoms with Crippen LogP contribution in [0, 0.1) is 0 Å². The molecule has 1 aliphatic rings. The van der Waals surface area contributed by atoms with Crippen molar-refractivity contribution in [2.24, 2.45) is 0 Å². The number of fused-ring (bicyclic) bond motifs is 1. The van der Waals surface area contributed by atoms with Gasteiger partial charge < -0.3 is 14.8 Å². The number of carbonyl (C=O) groups is 1. The lowest BCUT2D eigenvalue weighted by Crippen LogP contribution is -2.23. The maximum Gasteiger partial charge on any atom is 0.255 e. The van der Waals surface area contributed by atoms with E-state index >= 15 is 0 Å². The van der Waals surface area contributed by atoms with E-state index in [0.29, 0.717) is 28.3 Å². The van der Waals surface area contributed by atoms with Crippen LogP contribution in [-0.4, -0.2) is 45.4 Å². The van der Waals surface area contributed by atoms with Gasteiger partial charge in [-0.3, -0.25) is 4.79 Å². The third kappa shape index (κ3) is 4.41. The highest BCUT2D eigenvalue weighted by molar-refractivity contribution is 9.10. The van der Waals surface area contributed by atoms with Gasteiger partial charge in [-0.05, 0) is 54.0 Å². The summed E-state index contributed by atoms with van der Waals surface area (Å²) in [6, 6.07) is 8.07. The van der Waals surface area contributed by atoms with Gasteiger partial charge in [-0.2, -0.15) is 0 Å². The Kier molecular flexibility index (Phi) is 6.21. The summed E-state index contributed by atoms with van der Waals surface area (Å²) >= 11 is 3.25. The lowest BCUT2D eigenvalue weighted by Gasteiger charge is -2.15. The Bertz CT molecular complexity index is 1050. The Morgan fingerprint density at radius 2 is 2.03 bits per heavy atom. The zero-order valence-electron chi connectivity index (χ0n) is 16.7. The smallest absolute Gasteiger partial charge is 0.255 e. The number of carbonyl (C=O) groups excluding carboxylic acids is 1. The first-order chi connectivity index (χ1) is 13.6.